The third-order valence-corrected chi connectivity index (χ3v) is 3.87. The Morgan fingerprint density at radius 2 is 1.88 bits per heavy atom. The van der Waals surface area contributed by atoms with Crippen molar-refractivity contribution in [1.82, 2.24) is 10.2 Å². The highest BCUT2D eigenvalue weighted by atomic mass is 16.2. The molecule has 0 aromatic carbocycles. The first-order valence-electron chi connectivity index (χ1n) is 6.53. The highest BCUT2D eigenvalue weighted by Crippen LogP contribution is 2.21. The van der Waals surface area contributed by atoms with E-state index in [0.29, 0.717) is 6.04 Å². The van der Waals surface area contributed by atoms with Gasteiger partial charge in [0.05, 0.1) is 0 Å². The second kappa shape index (κ2) is 5.67. The first-order chi connectivity index (χ1) is 7.49. The lowest BCUT2D eigenvalue weighted by Gasteiger charge is -2.33. The van der Waals surface area contributed by atoms with Crippen LogP contribution in [0.25, 0.3) is 0 Å². The molecular weight excluding hydrogens is 200 g/mol. The highest BCUT2D eigenvalue weighted by Gasteiger charge is 2.28. The van der Waals surface area contributed by atoms with E-state index in [9.17, 15) is 4.79 Å². The van der Waals surface area contributed by atoms with Gasteiger partial charge in [-0.05, 0) is 25.8 Å². The summed E-state index contributed by atoms with van der Waals surface area (Å²) in [5.41, 5.74) is -0.220. The summed E-state index contributed by atoms with van der Waals surface area (Å²) in [6.07, 6.45) is 3.09. The normalized spacial score (nSPS) is 19.8. The standard InChI is InChI=1S/C13H26N2O/c1-5-13(3,4)12(16)14-11-7-9-15(6-2)10-8-11/h11H,5-10H2,1-4H3,(H,14,16). The van der Waals surface area contributed by atoms with Crippen molar-refractivity contribution in [1.29, 1.82) is 0 Å². The Morgan fingerprint density at radius 1 is 1.31 bits per heavy atom. The van der Waals surface area contributed by atoms with Gasteiger partial charge in [-0.15, -0.1) is 0 Å². The lowest BCUT2D eigenvalue weighted by atomic mass is 9.88. The molecule has 0 radical (unpaired) electrons. The number of nitrogens with one attached hydrogen (secondary N) is 1. The number of carbonyl (C=O) groups excluding carboxylic acids is 1. The van der Waals surface area contributed by atoms with Crippen LogP contribution in [0.4, 0.5) is 0 Å². The molecule has 1 fully saturated rings. The fourth-order valence-corrected chi connectivity index (χ4v) is 1.93. The fourth-order valence-electron chi connectivity index (χ4n) is 1.93. The summed E-state index contributed by atoms with van der Waals surface area (Å²) in [6.45, 7) is 11.7. The van der Waals surface area contributed by atoms with Gasteiger partial charge in [0.25, 0.3) is 0 Å². The van der Waals surface area contributed by atoms with E-state index in [1.165, 1.54) is 0 Å². The molecule has 0 atom stereocenters. The maximum atomic E-state index is 12.0. The molecule has 1 heterocycles. The molecule has 1 aliphatic heterocycles. The van der Waals surface area contributed by atoms with Gasteiger partial charge in [0.15, 0.2) is 0 Å². The summed E-state index contributed by atoms with van der Waals surface area (Å²) in [5.74, 6) is 0.213. The summed E-state index contributed by atoms with van der Waals surface area (Å²) >= 11 is 0. The second-order valence-corrected chi connectivity index (χ2v) is 5.42. The Morgan fingerprint density at radius 3 is 2.31 bits per heavy atom. The van der Waals surface area contributed by atoms with Gasteiger partial charge in [0, 0.05) is 24.5 Å². The average molecular weight is 226 g/mol. The van der Waals surface area contributed by atoms with E-state index in [4.69, 9.17) is 0 Å². The number of likely N-dealkylation sites (tertiary alicyclic amines) is 1. The summed E-state index contributed by atoms with van der Waals surface area (Å²) in [4.78, 5) is 14.4. The van der Waals surface area contributed by atoms with Crippen LogP contribution in [0.3, 0.4) is 0 Å². The summed E-state index contributed by atoms with van der Waals surface area (Å²) < 4.78 is 0. The molecule has 3 heteroatoms. The molecule has 0 spiro atoms. The minimum Gasteiger partial charge on any atom is -0.353 e. The van der Waals surface area contributed by atoms with Crippen molar-refractivity contribution < 1.29 is 4.79 Å². The first kappa shape index (κ1) is 13.5. The van der Waals surface area contributed by atoms with Crippen LogP contribution in [-0.4, -0.2) is 36.5 Å². The van der Waals surface area contributed by atoms with E-state index < -0.39 is 0 Å². The predicted octanol–water partition coefficient (Wildman–Crippen LogP) is 2.02. The third kappa shape index (κ3) is 3.48. The Bertz CT molecular complexity index is 230. The molecule has 0 unspecified atom stereocenters. The fraction of sp³-hybridized carbons (Fsp3) is 0.923. The van der Waals surface area contributed by atoms with Crippen LogP contribution in [0.5, 0.6) is 0 Å². The van der Waals surface area contributed by atoms with Crippen molar-refractivity contribution in [3.63, 3.8) is 0 Å². The summed E-state index contributed by atoms with van der Waals surface area (Å²) in [5, 5.41) is 3.19. The Labute approximate surface area is 99.6 Å². The van der Waals surface area contributed by atoms with Crippen molar-refractivity contribution in [2.45, 2.75) is 53.0 Å². The van der Waals surface area contributed by atoms with Crippen molar-refractivity contribution in [3.05, 3.63) is 0 Å². The van der Waals surface area contributed by atoms with E-state index in [1.54, 1.807) is 0 Å². The van der Waals surface area contributed by atoms with Crippen LogP contribution in [0, 0.1) is 5.41 Å². The molecule has 3 nitrogen and oxygen atoms in total. The summed E-state index contributed by atoms with van der Waals surface area (Å²) in [6, 6.07) is 0.390. The number of hydrogen-bond donors (Lipinski definition) is 1. The quantitative estimate of drug-likeness (QED) is 0.795. The molecule has 0 bridgehead atoms. The Kier molecular flexibility index (Phi) is 4.78. The van der Waals surface area contributed by atoms with Gasteiger partial charge in [0.2, 0.25) is 5.91 Å². The lowest BCUT2D eigenvalue weighted by Crippen LogP contribution is -2.48. The predicted molar refractivity (Wildman–Crippen MR) is 67.4 cm³/mol. The highest BCUT2D eigenvalue weighted by molar-refractivity contribution is 5.81. The van der Waals surface area contributed by atoms with Gasteiger partial charge >= 0.3 is 0 Å². The van der Waals surface area contributed by atoms with E-state index in [0.717, 1.165) is 38.9 Å². The van der Waals surface area contributed by atoms with Crippen LogP contribution < -0.4 is 5.32 Å². The van der Waals surface area contributed by atoms with Gasteiger partial charge < -0.3 is 10.2 Å². The number of amides is 1. The average Bonchev–Trinajstić information content (AvgIpc) is 2.30. The maximum Gasteiger partial charge on any atom is 0.225 e. The second-order valence-electron chi connectivity index (χ2n) is 5.42. The molecular formula is C13H26N2O. The molecule has 1 N–H and O–H groups in total. The summed E-state index contributed by atoms with van der Waals surface area (Å²) in [7, 11) is 0. The van der Waals surface area contributed by atoms with Crippen molar-refractivity contribution in [3.8, 4) is 0 Å². The monoisotopic (exact) mass is 226 g/mol. The van der Waals surface area contributed by atoms with Gasteiger partial charge in [-0.3, -0.25) is 4.79 Å². The molecule has 94 valence electrons. The van der Waals surface area contributed by atoms with Crippen LogP contribution in [0.15, 0.2) is 0 Å². The largest absolute Gasteiger partial charge is 0.353 e. The minimum atomic E-state index is -0.220. The van der Waals surface area contributed by atoms with E-state index in [2.05, 4.69) is 24.1 Å². The molecule has 1 rings (SSSR count). The van der Waals surface area contributed by atoms with E-state index in [1.807, 2.05) is 13.8 Å². The molecule has 1 saturated heterocycles. The van der Waals surface area contributed by atoms with Crippen LogP contribution >= 0.6 is 0 Å². The first-order valence-corrected chi connectivity index (χ1v) is 6.53. The van der Waals surface area contributed by atoms with Gasteiger partial charge in [0.1, 0.15) is 0 Å². The molecule has 1 amide bonds. The molecule has 0 aliphatic carbocycles. The number of nitrogens with zero attached hydrogens (tertiary/aromatic N) is 1. The molecule has 16 heavy (non-hydrogen) atoms. The molecule has 1 aliphatic rings. The van der Waals surface area contributed by atoms with Crippen molar-refractivity contribution in [2.24, 2.45) is 5.41 Å². The van der Waals surface area contributed by atoms with Crippen LogP contribution in [-0.2, 0) is 4.79 Å². The SMILES string of the molecule is CCN1CCC(NC(=O)C(C)(C)CC)CC1. The van der Waals surface area contributed by atoms with Gasteiger partial charge in [-0.1, -0.05) is 27.7 Å². The Balaban J connectivity index is 2.36. The van der Waals surface area contributed by atoms with Crippen molar-refractivity contribution in [2.75, 3.05) is 19.6 Å². The number of carbonyl (C=O) groups is 1. The number of hydrogen-bond acceptors (Lipinski definition) is 2. The zero-order valence-electron chi connectivity index (χ0n) is 11.2. The maximum absolute atomic E-state index is 12.0. The number of rotatable bonds is 4. The van der Waals surface area contributed by atoms with Crippen LogP contribution in [0.2, 0.25) is 0 Å². The van der Waals surface area contributed by atoms with Crippen LogP contribution in [0.1, 0.15) is 47.0 Å². The lowest BCUT2D eigenvalue weighted by molar-refractivity contribution is -0.130. The molecule has 0 saturated carbocycles. The zero-order chi connectivity index (χ0) is 12.2. The van der Waals surface area contributed by atoms with Gasteiger partial charge in [-0.2, -0.15) is 0 Å². The van der Waals surface area contributed by atoms with E-state index in [-0.39, 0.29) is 11.3 Å². The third-order valence-electron chi connectivity index (χ3n) is 3.87. The zero-order valence-corrected chi connectivity index (χ0v) is 11.2. The van der Waals surface area contributed by atoms with E-state index >= 15 is 0 Å². The smallest absolute Gasteiger partial charge is 0.225 e. The molecule has 0 aromatic heterocycles. The van der Waals surface area contributed by atoms with Crippen molar-refractivity contribution >= 4 is 5.91 Å². The van der Waals surface area contributed by atoms with Gasteiger partial charge in [-0.25, -0.2) is 0 Å². The minimum absolute atomic E-state index is 0.213. The Hall–Kier alpha value is -0.570. The number of piperidine rings is 1. The topological polar surface area (TPSA) is 32.3 Å². The molecule has 0 aromatic rings.